The molecule has 0 spiro atoms. The molecule has 0 atom stereocenters. The summed E-state index contributed by atoms with van der Waals surface area (Å²) in [6, 6.07) is 9.13. The zero-order valence-electron chi connectivity index (χ0n) is 9.45. The van der Waals surface area contributed by atoms with Gasteiger partial charge in [0, 0.05) is 17.8 Å². The molecule has 0 heterocycles. The Bertz CT molecular complexity index is 685. The van der Waals surface area contributed by atoms with Crippen molar-refractivity contribution in [2.75, 3.05) is 5.73 Å². The van der Waals surface area contributed by atoms with E-state index in [9.17, 15) is 4.39 Å². The highest BCUT2D eigenvalue weighted by atomic mass is 79.9. The van der Waals surface area contributed by atoms with Crippen molar-refractivity contribution in [3.8, 4) is 17.6 Å². The number of rotatable bonds is 2. The molecular formula is C13H7BrClFN2O. The van der Waals surface area contributed by atoms with Gasteiger partial charge in [0.15, 0.2) is 0 Å². The molecule has 0 unspecified atom stereocenters. The van der Waals surface area contributed by atoms with Crippen LogP contribution in [-0.4, -0.2) is 0 Å². The molecule has 0 saturated carbocycles. The van der Waals surface area contributed by atoms with Crippen molar-refractivity contribution in [1.29, 1.82) is 5.26 Å². The fraction of sp³-hybridized carbons (Fsp3) is 0. The van der Waals surface area contributed by atoms with Crippen LogP contribution >= 0.6 is 27.5 Å². The number of hydrogen-bond donors (Lipinski definition) is 1. The second-order valence-corrected chi connectivity index (χ2v) is 4.92. The Morgan fingerprint density at radius 1 is 1.32 bits per heavy atom. The largest absolute Gasteiger partial charge is 0.456 e. The minimum Gasteiger partial charge on any atom is -0.456 e. The maximum Gasteiger partial charge on any atom is 0.145 e. The van der Waals surface area contributed by atoms with Crippen LogP contribution < -0.4 is 10.5 Å². The van der Waals surface area contributed by atoms with Crippen LogP contribution in [0.2, 0.25) is 5.02 Å². The van der Waals surface area contributed by atoms with Gasteiger partial charge < -0.3 is 10.5 Å². The van der Waals surface area contributed by atoms with E-state index in [2.05, 4.69) is 15.9 Å². The lowest BCUT2D eigenvalue weighted by Gasteiger charge is -2.09. The third kappa shape index (κ3) is 2.98. The molecule has 2 aromatic carbocycles. The summed E-state index contributed by atoms with van der Waals surface area (Å²) in [6.45, 7) is 0. The van der Waals surface area contributed by atoms with Gasteiger partial charge in [-0.3, -0.25) is 0 Å². The Morgan fingerprint density at radius 2 is 2.05 bits per heavy atom. The molecule has 6 heteroatoms. The molecule has 96 valence electrons. The molecule has 0 amide bonds. The summed E-state index contributed by atoms with van der Waals surface area (Å²) in [5, 5.41) is 8.87. The van der Waals surface area contributed by atoms with Crippen LogP contribution in [0.15, 0.2) is 34.8 Å². The molecule has 0 fully saturated rings. The Kier molecular flexibility index (Phi) is 3.93. The second kappa shape index (κ2) is 5.47. The van der Waals surface area contributed by atoms with E-state index in [4.69, 9.17) is 27.3 Å². The van der Waals surface area contributed by atoms with Crippen LogP contribution in [0, 0.1) is 17.1 Å². The zero-order valence-corrected chi connectivity index (χ0v) is 11.8. The molecular weight excluding hydrogens is 335 g/mol. The molecule has 0 aliphatic carbocycles. The van der Waals surface area contributed by atoms with Gasteiger partial charge in [0.1, 0.15) is 23.4 Å². The van der Waals surface area contributed by atoms with Gasteiger partial charge in [-0.2, -0.15) is 5.26 Å². The predicted octanol–water partition coefficient (Wildman–Crippen LogP) is 4.49. The van der Waals surface area contributed by atoms with E-state index in [1.54, 1.807) is 12.1 Å². The highest BCUT2D eigenvalue weighted by Crippen LogP contribution is 2.34. The van der Waals surface area contributed by atoms with Gasteiger partial charge in [0.25, 0.3) is 0 Å². The smallest absolute Gasteiger partial charge is 0.145 e. The van der Waals surface area contributed by atoms with Crippen molar-refractivity contribution in [2.45, 2.75) is 0 Å². The summed E-state index contributed by atoms with van der Waals surface area (Å²) in [5.41, 5.74) is 6.25. The number of anilines is 1. The van der Waals surface area contributed by atoms with E-state index in [1.807, 2.05) is 6.07 Å². The van der Waals surface area contributed by atoms with Crippen LogP contribution in [-0.2, 0) is 0 Å². The standard InChI is InChI=1S/C13H7BrClFN2O/c14-9-4-10(15)11(16)5-13(9)19-8-1-2-12(18)7(3-8)6-17/h1-5H,18H2. The highest BCUT2D eigenvalue weighted by Gasteiger charge is 2.10. The first kappa shape index (κ1) is 13.7. The number of nitrogen functional groups attached to an aromatic ring is 1. The summed E-state index contributed by atoms with van der Waals surface area (Å²) in [5.74, 6) is 0.0551. The van der Waals surface area contributed by atoms with Gasteiger partial charge >= 0.3 is 0 Å². The molecule has 0 saturated heterocycles. The van der Waals surface area contributed by atoms with Gasteiger partial charge in [-0.15, -0.1) is 0 Å². The summed E-state index contributed by atoms with van der Waals surface area (Å²) in [7, 11) is 0. The van der Waals surface area contributed by atoms with E-state index in [-0.39, 0.29) is 10.8 Å². The minimum atomic E-state index is -0.587. The van der Waals surface area contributed by atoms with E-state index < -0.39 is 5.82 Å². The third-order valence-corrected chi connectivity index (χ3v) is 3.26. The monoisotopic (exact) mass is 340 g/mol. The quantitative estimate of drug-likeness (QED) is 0.647. The average Bonchev–Trinajstić information content (AvgIpc) is 2.38. The molecule has 2 N–H and O–H groups in total. The first-order chi connectivity index (χ1) is 9.01. The predicted molar refractivity (Wildman–Crippen MR) is 74.8 cm³/mol. The molecule has 0 aliphatic rings. The second-order valence-electron chi connectivity index (χ2n) is 3.66. The molecule has 2 rings (SSSR count). The summed E-state index contributed by atoms with van der Waals surface area (Å²) < 4.78 is 19.4. The van der Waals surface area contributed by atoms with Gasteiger partial charge in [0.05, 0.1) is 15.1 Å². The van der Waals surface area contributed by atoms with Crippen molar-refractivity contribution in [3.05, 3.63) is 51.2 Å². The van der Waals surface area contributed by atoms with E-state index >= 15 is 0 Å². The van der Waals surface area contributed by atoms with Crippen LogP contribution in [0.3, 0.4) is 0 Å². The topological polar surface area (TPSA) is 59.0 Å². The Morgan fingerprint density at radius 3 is 2.74 bits per heavy atom. The van der Waals surface area contributed by atoms with Crippen LogP contribution in [0.1, 0.15) is 5.56 Å². The van der Waals surface area contributed by atoms with Crippen molar-refractivity contribution in [3.63, 3.8) is 0 Å². The number of nitrogens with zero attached hydrogens (tertiary/aromatic N) is 1. The Labute approximate surface area is 122 Å². The Balaban J connectivity index is 2.37. The molecule has 3 nitrogen and oxygen atoms in total. The lowest BCUT2D eigenvalue weighted by atomic mass is 10.2. The van der Waals surface area contributed by atoms with Crippen molar-refractivity contribution in [1.82, 2.24) is 0 Å². The number of nitriles is 1. The zero-order chi connectivity index (χ0) is 14.0. The van der Waals surface area contributed by atoms with Crippen LogP contribution in [0.25, 0.3) is 0 Å². The average molecular weight is 342 g/mol. The molecule has 19 heavy (non-hydrogen) atoms. The first-order valence-corrected chi connectivity index (χ1v) is 6.30. The fourth-order valence-electron chi connectivity index (χ4n) is 1.41. The number of benzene rings is 2. The van der Waals surface area contributed by atoms with Crippen LogP contribution in [0.4, 0.5) is 10.1 Å². The summed E-state index contributed by atoms with van der Waals surface area (Å²) in [6.07, 6.45) is 0. The van der Waals surface area contributed by atoms with Crippen LogP contribution in [0.5, 0.6) is 11.5 Å². The first-order valence-electron chi connectivity index (χ1n) is 5.13. The maximum absolute atomic E-state index is 13.4. The molecule has 0 radical (unpaired) electrons. The van der Waals surface area contributed by atoms with Crippen molar-refractivity contribution < 1.29 is 9.13 Å². The number of nitrogens with two attached hydrogens (primary N) is 1. The van der Waals surface area contributed by atoms with Gasteiger partial charge in [-0.25, -0.2) is 4.39 Å². The number of halogens is 3. The number of hydrogen-bond acceptors (Lipinski definition) is 3. The lowest BCUT2D eigenvalue weighted by Crippen LogP contribution is -1.92. The number of ether oxygens (including phenoxy) is 1. The molecule has 2 aromatic rings. The van der Waals surface area contributed by atoms with E-state index in [1.165, 1.54) is 12.1 Å². The lowest BCUT2D eigenvalue weighted by molar-refractivity contribution is 0.473. The van der Waals surface area contributed by atoms with Gasteiger partial charge in [0.2, 0.25) is 0 Å². The fourth-order valence-corrected chi connectivity index (χ4v) is 2.12. The van der Waals surface area contributed by atoms with Crippen molar-refractivity contribution >= 4 is 33.2 Å². The highest BCUT2D eigenvalue weighted by molar-refractivity contribution is 9.10. The summed E-state index contributed by atoms with van der Waals surface area (Å²) in [4.78, 5) is 0. The SMILES string of the molecule is N#Cc1cc(Oc2cc(F)c(Cl)cc2Br)ccc1N. The molecule has 0 aromatic heterocycles. The van der Waals surface area contributed by atoms with E-state index in [0.717, 1.165) is 6.07 Å². The van der Waals surface area contributed by atoms with Gasteiger partial charge in [-0.05, 0) is 34.1 Å². The van der Waals surface area contributed by atoms with Gasteiger partial charge in [-0.1, -0.05) is 11.6 Å². The Hall–Kier alpha value is -1.77. The summed E-state index contributed by atoms with van der Waals surface area (Å²) >= 11 is 8.86. The van der Waals surface area contributed by atoms with Crippen molar-refractivity contribution in [2.24, 2.45) is 0 Å². The van der Waals surface area contributed by atoms with E-state index in [0.29, 0.717) is 21.5 Å². The maximum atomic E-state index is 13.4. The molecule has 0 aliphatic heterocycles. The molecule has 0 bridgehead atoms. The third-order valence-electron chi connectivity index (χ3n) is 2.35. The normalized spacial score (nSPS) is 10.0. The minimum absolute atomic E-state index is 0.00533.